The summed E-state index contributed by atoms with van der Waals surface area (Å²) in [7, 11) is 0. The molecule has 2 heterocycles. The van der Waals surface area contributed by atoms with Crippen LogP contribution in [0.15, 0.2) is 47.5 Å². The van der Waals surface area contributed by atoms with Gasteiger partial charge in [0, 0.05) is 23.4 Å². The van der Waals surface area contributed by atoms with E-state index in [9.17, 15) is 4.79 Å². The van der Waals surface area contributed by atoms with Gasteiger partial charge in [-0.1, -0.05) is 66.9 Å². The molecule has 162 valence electrons. The van der Waals surface area contributed by atoms with Gasteiger partial charge in [0.2, 0.25) is 5.91 Å². The van der Waals surface area contributed by atoms with E-state index in [0.717, 1.165) is 35.1 Å². The number of anilines is 1. The number of thiazole rings is 1. The van der Waals surface area contributed by atoms with Gasteiger partial charge in [0.15, 0.2) is 10.3 Å². The molecule has 0 bridgehead atoms. The summed E-state index contributed by atoms with van der Waals surface area (Å²) >= 11 is 2.84. The zero-order chi connectivity index (χ0) is 21.6. The molecule has 4 rings (SSSR count). The number of hydrogen-bond acceptors (Lipinski definition) is 6. The highest BCUT2D eigenvalue weighted by Crippen LogP contribution is 2.33. The quantitative estimate of drug-likeness (QED) is 0.351. The smallest absolute Gasteiger partial charge is 0.236 e. The number of amides is 1. The van der Waals surface area contributed by atoms with Gasteiger partial charge in [0.25, 0.3) is 0 Å². The number of nitrogens with one attached hydrogen (secondary N) is 1. The summed E-state index contributed by atoms with van der Waals surface area (Å²) in [6.07, 6.45) is 7.98. The van der Waals surface area contributed by atoms with Crippen LogP contribution in [0.1, 0.15) is 49.4 Å². The van der Waals surface area contributed by atoms with Crippen LogP contribution >= 0.6 is 23.1 Å². The monoisotopic (exact) mass is 453 g/mol. The number of rotatable bonds is 8. The lowest BCUT2D eigenvalue weighted by Crippen LogP contribution is -2.15. The Morgan fingerprint density at radius 2 is 2.03 bits per heavy atom. The number of nitrogens with zero attached hydrogens (tertiary/aromatic N) is 4. The van der Waals surface area contributed by atoms with E-state index < -0.39 is 0 Å². The third kappa shape index (κ3) is 5.43. The van der Waals surface area contributed by atoms with Gasteiger partial charge in [-0.15, -0.1) is 28.1 Å². The lowest BCUT2D eigenvalue weighted by Gasteiger charge is -2.21. The maximum Gasteiger partial charge on any atom is 0.236 e. The zero-order valence-corrected chi connectivity index (χ0v) is 19.3. The van der Waals surface area contributed by atoms with Crippen molar-refractivity contribution in [3.05, 3.63) is 53.7 Å². The van der Waals surface area contributed by atoms with Gasteiger partial charge in [-0.2, -0.15) is 0 Å². The van der Waals surface area contributed by atoms with Gasteiger partial charge in [0.1, 0.15) is 5.82 Å². The second-order valence-electron chi connectivity index (χ2n) is 7.82. The summed E-state index contributed by atoms with van der Waals surface area (Å²) < 4.78 is 2.11. The molecule has 1 N–H and O–H groups in total. The normalized spacial score (nSPS) is 14.5. The fraction of sp³-hybridized carbons (Fsp3) is 0.391. The highest BCUT2D eigenvalue weighted by atomic mass is 32.2. The van der Waals surface area contributed by atoms with Crippen molar-refractivity contribution < 1.29 is 4.79 Å². The molecule has 31 heavy (non-hydrogen) atoms. The molecule has 2 aromatic heterocycles. The minimum absolute atomic E-state index is 0.0952. The van der Waals surface area contributed by atoms with Gasteiger partial charge in [0.05, 0.1) is 11.4 Å². The van der Waals surface area contributed by atoms with E-state index in [0.29, 0.717) is 17.6 Å². The summed E-state index contributed by atoms with van der Waals surface area (Å²) in [6.45, 7) is 6.59. The van der Waals surface area contributed by atoms with Crippen LogP contribution in [0.25, 0.3) is 11.3 Å². The Kier molecular flexibility index (Phi) is 7.19. The Morgan fingerprint density at radius 3 is 2.77 bits per heavy atom. The van der Waals surface area contributed by atoms with Gasteiger partial charge < -0.3 is 9.88 Å². The fourth-order valence-corrected chi connectivity index (χ4v) is 5.33. The third-order valence-corrected chi connectivity index (χ3v) is 7.18. The van der Waals surface area contributed by atoms with Crippen LogP contribution in [-0.2, 0) is 11.3 Å². The number of aryl methyl sites for hydroxylation is 1. The van der Waals surface area contributed by atoms with Crippen molar-refractivity contribution in [2.45, 2.75) is 56.6 Å². The molecule has 0 saturated heterocycles. The molecule has 8 heteroatoms. The summed E-state index contributed by atoms with van der Waals surface area (Å²) in [4.78, 5) is 17.1. The molecule has 0 radical (unpaired) electrons. The predicted octanol–water partition coefficient (Wildman–Crippen LogP) is 5.67. The lowest BCUT2D eigenvalue weighted by molar-refractivity contribution is -0.113. The molecule has 0 unspecified atom stereocenters. The fourth-order valence-electron chi connectivity index (χ4n) is 3.84. The Balaban J connectivity index is 1.37. The first-order chi connectivity index (χ1) is 15.1. The summed E-state index contributed by atoms with van der Waals surface area (Å²) in [5.41, 5.74) is 3.13. The van der Waals surface area contributed by atoms with Crippen LogP contribution in [0.2, 0.25) is 0 Å². The Hall–Kier alpha value is -2.45. The van der Waals surface area contributed by atoms with Gasteiger partial charge in [-0.3, -0.25) is 4.79 Å². The minimum Gasteiger partial charge on any atom is -0.302 e. The number of thioether (sulfide) groups is 1. The predicted molar refractivity (Wildman–Crippen MR) is 128 cm³/mol. The number of carbonyl (C=O) groups excluding carboxylic acids is 1. The molecule has 0 atom stereocenters. The number of aromatic nitrogens is 4. The molecule has 0 spiro atoms. The molecule has 1 fully saturated rings. The highest BCUT2D eigenvalue weighted by Gasteiger charge is 2.23. The number of benzene rings is 1. The zero-order valence-electron chi connectivity index (χ0n) is 17.7. The molecular formula is C23H27N5OS2. The molecule has 1 aliphatic rings. The van der Waals surface area contributed by atoms with Gasteiger partial charge >= 0.3 is 0 Å². The third-order valence-electron chi connectivity index (χ3n) is 5.46. The van der Waals surface area contributed by atoms with Crippen molar-refractivity contribution in [1.29, 1.82) is 0 Å². The molecule has 1 aliphatic carbocycles. The average Bonchev–Trinajstić information content (AvgIpc) is 3.41. The van der Waals surface area contributed by atoms with Crippen molar-refractivity contribution in [3.8, 4) is 11.3 Å². The second-order valence-corrected chi connectivity index (χ2v) is 9.62. The van der Waals surface area contributed by atoms with Crippen molar-refractivity contribution in [2.24, 2.45) is 0 Å². The van der Waals surface area contributed by atoms with E-state index in [-0.39, 0.29) is 11.7 Å². The molecule has 0 aliphatic heterocycles. The van der Waals surface area contributed by atoms with Crippen LogP contribution in [0.4, 0.5) is 5.13 Å². The van der Waals surface area contributed by atoms with Gasteiger partial charge in [-0.05, 0) is 19.8 Å². The molecule has 6 nitrogen and oxygen atoms in total. The van der Waals surface area contributed by atoms with Crippen molar-refractivity contribution in [2.75, 3.05) is 11.1 Å². The van der Waals surface area contributed by atoms with E-state index >= 15 is 0 Å². The highest BCUT2D eigenvalue weighted by molar-refractivity contribution is 7.99. The van der Waals surface area contributed by atoms with Crippen molar-refractivity contribution >= 4 is 34.1 Å². The van der Waals surface area contributed by atoms with Crippen LogP contribution < -0.4 is 5.32 Å². The molecule has 1 saturated carbocycles. The van der Waals surface area contributed by atoms with E-state index in [1.807, 2.05) is 23.6 Å². The Morgan fingerprint density at radius 1 is 1.26 bits per heavy atom. The van der Waals surface area contributed by atoms with E-state index in [4.69, 9.17) is 0 Å². The molecular weight excluding hydrogens is 426 g/mol. The van der Waals surface area contributed by atoms with E-state index in [1.165, 1.54) is 47.9 Å². The first-order valence-corrected chi connectivity index (χ1v) is 12.5. The SMILES string of the molecule is C=CCn1c(SCC(=O)Nc2nc(-c3ccc(C)cc3)cs2)nnc1C1CCCCC1. The molecule has 1 aromatic carbocycles. The lowest BCUT2D eigenvalue weighted by atomic mass is 9.89. The minimum atomic E-state index is -0.0952. The van der Waals surface area contributed by atoms with Gasteiger partial charge in [-0.25, -0.2) is 4.98 Å². The number of carbonyl (C=O) groups is 1. The number of hydrogen-bond donors (Lipinski definition) is 1. The van der Waals surface area contributed by atoms with Crippen LogP contribution in [0.3, 0.4) is 0 Å². The topological polar surface area (TPSA) is 72.7 Å². The van der Waals surface area contributed by atoms with Crippen LogP contribution in [0, 0.1) is 6.92 Å². The number of allylic oxidation sites excluding steroid dienone is 1. The molecule has 3 aromatic rings. The maximum absolute atomic E-state index is 12.5. The average molecular weight is 454 g/mol. The van der Waals surface area contributed by atoms with Crippen LogP contribution in [0.5, 0.6) is 0 Å². The Labute approximate surface area is 191 Å². The molecule has 1 amide bonds. The first-order valence-electron chi connectivity index (χ1n) is 10.6. The summed E-state index contributed by atoms with van der Waals surface area (Å²) in [5.74, 6) is 1.66. The summed E-state index contributed by atoms with van der Waals surface area (Å²) in [6, 6.07) is 8.21. The summed E-state index contributed by atoms with van der Waals surface area (Å²) in [5, 5.41) is 15.1. The first kappa shape index (κ1) is 21.8. The standard InChI is InChI=1S/C23H27N5OS2/c1-3-13-28-21(18-7-5-4-6-8-18)26-27-23(28)31-15-20(29)25-22-24-19(14-30-22)17-11-9-16(2)10-12-17/h3,9-12,14,18H,1,4-8,13,15H2,2H3,(H,24,25,29). The maximum atomic E-state index is 12.5. The van der Waals surface area contributed by atoms with Crippen molar-refractivity contribution in [3.63, 3.8) is 0 Å². The Bertz CT molecular complexity index is 1030. The second kappa shape index (κ2) is 10.2. The van der Waals surface area contributed by atoms with E-state index in [2.05, 4.69) is 50.7 Å². The van der Waals surface area contributed by atoms with E-state index in [1.54, 1.807) is 0 Å². The largest absolute Gasteiger partial charge is 0.302 e. The van der Waals surface area contributed by atoms with Crippen molar-refractivity contribution in [1.82, 2.24) is 19.7 Å². The van der Waals surface area contributed by atoms with Crippen LogP contribution in [-0.4, -0.2) is 31.4 Å².